The van der Waals surface area contributed by atoms with E-state index in [1.807, 2.05) is 0 Å². The molecule has 0 aromatic carbocycles. The Labute approximate surface area is 84.9 Å². The lowest BCUT2D eigenvalue weighted by Gasteiger charge is -2.35. The fraction of sp³-hybridized carbons (Fsp3) is 1.00. The Morgan fingerprint density at radius 2 is 2.07 bits per heavy atom. The standard InChI is InChI=1S/C9H17FO3S/c1-9(2,7-14(10,11)12)8-5-3-4-6-13-8/h8H,3-7H2,1-2H3. The highest BCUT2D eigenvalue weighted by atomic mass is 32.3. The Balaban J connectivity index is 2.63. The van der Waals surface area contributed by atoms with Crippen LogP contribution in [0.3, 0.4) is 0 Å². The van der Waals surface area contributed by atoms with E-state index in [0.717, 1.165) is 19.3 Å². The van der Waals surface area contributed by atoms with Crippen LogP contribution in [0, 0.1) is 5.41 Å². The van der Waals surface area contributed by atoms with Crippen molar-refractivity contribution in [2.24, 2.45) is 5.41 Å². The Bertz CT molecular complexity index is 278. The van der Waals surface area contributed by atoms with E-state index in [4.69, 9.17) is 4.74 Å². The van der Waals surface area contributed by atoms with Gasteiger partial charge in [0.2, 0.25) is 0 Å². The highest BCUT2D eigenvalue weighted by Gasteiger charge is 2.36. The van der Waals surface area contributed by atoms with Crippen molar-refractivity contribution in [2.45, 2.75) is 39.2 Å². The molecule has 0 saturated carbocycles. The number of ether oxygens (including phenoxy) is 1. The van der Waals surface area contributed by atoms with E-state index in [9.17, 15) is 12.3 Å². The van der Waals surface area contributed by atoms with Crippen molar-refractivity contribution in [1.29, 1.82) is 0 Å². The predicted octanol–water partition coefficient (Wildman–Crippen LogP) is 1.88. The molecule has 1 aliphatic rings. The average Bonchev–Trinajstić information content (AvgIpc) is 2.01. The van der Waals surface area contributed by atoms with Crippen LogP contribution in [-0.2, 0) is 15.0 Å². The Hall–Kier alpha value is -0.160. The molecule has 14 heavy (non-hydrogen) atoms. The summed E-state index contributed by atoms with van der Waals surface area (Å²) in [5.41, 5.74) is -0.631. The Morgan fingerprint density at radius 1 is 1.43 bits per heavy atom. The summed E-state index contributed by atoms with van der Waals surface area (Å²) in [5, 5.41) is 0. The second kappa shape index (κ2) is 4.14. The molecule has 1 heterocycles. The van der Waals surface area contributed by atoms with Crippen LogP contribution in [0.4, 0.5) is 3.89 Å². The van der Waals surface area contributed by atoms with Gasteiger partial charge in [-0.2, -0.15) is 8.42 Å². The molecule has 84 valence electrons. The molecule has 5 heteroatoms. The zero-order chi connectivity index (χ0) is 10.8. The summed E-state index contributed by atoms with van der Waals surface area (Å²) in [4.78, 5) is 0. The number of hydrogen-bond donors (Lipinski definition) is 0. The number of rotatable bonds is 3. The summed E-state index contributed by atoms with van der Waals surface area (Å²) in [5.74, 6) is -0.454. The number of halogens is 1. The Morgan fingerprint density at radius 3 is 2.50 bits per heavy atom. The van der Waals surface area contributed by atoms with Crippen molar-refractivity contribution in [3.8, 4) is 0 Å². The van der Waals surface area contributed by atoms with E-state index in [-0.39, 0.29) is 6.10 Å². The van der Waals surface area contributed by atoms with E-state index in [1.54, 1.807) is 13.8 Å². The first-order valence-electron chi connectivity index (χ1n) is 4.85. The zero-order valence-corrected chi connectivity index (χ0v) is 9.44. The SMILES string of the molecule is CC(C)(CS(=O)(=O)F)C1CCCCO1. The fourth-order valence-corrected chi connectivity index (χ4v) is 2.97. The Kier molecular flexibility index (Phi) is 3.53. The minimum Gasteiger partial charge on any atom is -0.378 e. The van der Waals surface area contributed by atoms with Crippen molar-refractivity contribution in [2.75, 3.05) is 12.4 Å². The molecule has 0 bridgehead atoms. The van der Waals surface area contributed by atoms with Gasteiger partial charge in [0, 0.05) is 12.0 Å². The molecule has 0 aromatic rings. The molecule has 0 N–H and O–H groups in total. The molecule has 0 aliphatic carbocycles. The van der Waals surface area contributed by atoms with Gasteiger partial charge in [-0.3, -0.25) is 0 Å². The van der Waals surface area contributed by atoms with Crippen LogP contribution in [0.1, 0.15) is 33.1 Å². The van der Waals surface area contributed by atoms with Gasteiger partial charge in [0.15, 0.2) is 0 Å². The average molecular weight is 224 g/mol. The largest absolute Gasteiger partial charge is 0.378 e. The molecular weight excluding hydrogens is 207 g/mol. The molecule has 1 saturated heterocycles. The highest BCUT2D eigenvalue weighted by molar-refractivity contribution is 7.86. The maximum atomic E-state index is 12.6. The van der Waals surface area contributed by atoms with Crippen molar-refractivity contribution in [3.05, 3.63) is 0 Å². The van der Waals surface area contributed by atoms with Crippen LogP contribution in [-0.4, -0.2) is 26.9 Å². The topological polar surface area (TPSA) is 43.4 Å². The first-order valence-corrected chi connectivity index (χ1v) is 6.40. The summed E-state index contributed by atoms with van der Waals surface area (Å²) in [6.45, 7) is 4.13. The van der Waals surface area contributed by atoms with Crippen LogP contribution in [0.2, 0.25) is 0 Å². The van der Waals surface area contributed by atoms with Crippen LogP contribution >= 0.6 is 0 Å². The van der Waals surface area contributed by atoms with E-state index < -0.39 is 21.4 Å². The molecule has 1 atom stereocenters. The summed E-state index contributed by atoms with van der Waals surface area (Å²) in [7, 11) is -4.41. The molecule has 0 spiro atoms. The first-order chi connectivity index (χ1) is 6.31. The van der Waals surface area contributed by atoms with Gasteiger partial charge < -0.3 is 4.74 Å². The van der Waals surface area contributed by atoms with Gasteiger partial charge in [-0.25, -0.2) is 0 Å². The fourth-order valence-electron chi connectivity index (χ4n) is 1.89. The number of hydrogen-bond acceptors (Lipinski definition) is 3. The summed E-state index contributed by atoms with van der Waals surface area (Å²) in [6, 6.07) is 0. The molecule has 0 radical (unpaired) electrons. The van der Waals surface area contributed by atoms with Gasteiger partial charge in [0.05, 0.1) is 11.9 Å². The molecule has 0 aromatic heterocycles. The third-order valence-electron chi connectivity index (χ3n) is 2.60. The van der Waals surface area contributed by atoms with Crippen LogP contribution < -0.4 is 0 Å². The van der Waals surface area contributed by atoms with Gasteiger partial charge in [-0.1, -0.05) is 13.8 Å². The third kappa shape index (κ3) is 3.53. The van der Waals surface area contributed by atoms with E-state index >= 15 is 0 Å². The van der Waals surface area contributed by atoms with Gasteiger partial charge >= 0.3 is 10.2 Å². The predicted molar refractivity (Wildman–Crippen MR) is 52.3 cm³/mol. The van der Waals surface area contributed by atoms with E-state index in [2.05, 4.69) is 0 Å². The summed E-state index contributed by atoms with van der Waals surface area (Å²) in [6.07, 6.45) is 2.72. The maximum Gasteiger partial charge on any atom is 0.303 e. The lowest BCUT2D eigenvalue weighted by molar-refractivity contribution is -0.0463. The van der Waals surface area contributed by atoms with Crippen molar-refractivity contribution in [3.63, 3.8) is 0 Å². The summed E-state index contributed by atoms with van der Waals surface area (Å²) >= 11 is 0. The monoisotopic (exact) mass is 224 g/mol. The molecule has 3 nitrogen and oxygen atoms in total. The molecule has 1 unspecified atom stereocenters. The van der Waals surface area contributed by atoms with Crippen molar-refractivity contribution < 1.29 is 17.0 Å². The molecule has 1 rings (SSSR count). The summed E-state index contributed by atoms with van der Waals surface area (Å²) < 4.78 is 39.1. The van der Waals surface area contributed by atoms with Crippen molar-refractivity contribution >= 4 is 10.2 Å². The maximum absolute atomic E-state index is 12.6. The second-order valence-electron chi connectivity index (χ2n) is 4.53. The van der Waals surface area contributed by atoms with Gasteiger partial charge in [0.25, 0.3) is 0 Å². The second-order valence-corrected chi connectivity index (χ2v) is 5.89. The molecule has 0 amide bonds. The normalized spacial score (nSPS) is 24.9. The molecular formula is C9H17FO3S. The van der Waals surface area contributed by atoms with Gasteiger partial charge in [-0.05, 0) is 19.3 Å². The van der Waals surface area contributed by atoms with Gasteiger partial charge in [-0.15, -0.1) is 3.89 Å². The van der Waals surface area contributed by atoms with E-state index in [0.29, 0.717) is 6.61 Å². The zero-order valence-electron chi connectivity index (χ0n) is 8.62. The first kappa shape index (κ1) is 11.9. The van der Waals surface area contributed by atoms with Crippen LogP contribution in [0.15, 0.2) is 0 Å². The van der Waals surface area contributed by atoms with E-state index in [1.165, 1.54) is 0 Å². The lowest BCUT2D eigenvalue weighted by atomic mass is 9.84. The van der Waals surface area contributed by atoms with Crippen molar-refractivity contribution in [1.82, 2.24) is 0 Å². The van der Waals surface area contributed by atoms with Crippen LogP contribution in [0.5, 0.6) is 0 Å². The minimum atomic E-state index is -4.41. The molecule has 1 aliphatic heterocycles. The third-order valence-corrected chi connectivity index (χ3v) is 3.68. The van der Waals surface area contributed by atoms with Gasteiger partial charge in [0.1, 0.15) is 0 Å². The highest BCUT2D eigenvalue weighted by Crippen LogP contribution is 2.31. The quantitative estimate of drug-likeness (QED) is 0.687. The minimum absolute atomic E-state index is 0.137. The molecule has 1 fully saturated rings. The smallest absolute Gasteiger partial charge is 0.303 e. The lowest BCUT2D eigenvalue weighted by Crippen LogP contribution is -2.39. The van der Waals surface area contributed by atoms with Crippen LogP contribution in [0.25, 0.3) is 0 Å².